The fraction of sp³-hybridized carbons (Fsp3) is 0.368. The van der Waals surface area contributed by atoms with E-state index < -0.39 is 47.0 Å². The lowest BCUT2D eigenvalue weighted by molar-refractivity contribution is -0.484. The largest absolute Gasteiger partial charge is 0.477 e. The zero-order chi connectivity index (χ0) is 23.8. The maximum atomic E-state index is 10.7. The van der Waals surface area contributed by atoms with Gasteiger partial charge in [0, 0.05) is 11.1 Å². The van der Waals surface area contributed by atoms with E-state index in [0.717, 1.165) is 6.20 Å². The summed E-state index contributed by atoms with van der Waals surface area (Å²) in [4.78, 5) is 52.6. The van der Waals surface area contributed by atoms with Crippen LogP contribution in [-0.4, -0.2) is 58.8 Å². The van der Waals surface area contributed by atoms with E-state index in [1.54, 1.807) is 44.2 Å². The average Bonchev–Trinajstić information content (AvgIpc) is 2.68. The van der Waals surface area contributed by atoms with Crippen molar-refractivity contribution in [2.45, 2.75) is 26.3 Å². The molecule has 170 valence electrons. The van der Waals surface area contributed by atoms with Gasteiger partial charge in [0.2, 0.25) is 6.54 Å². The van der Waals surface area contributed by atoms with Crippen LogP contribution in [0.25, 0.3) is 0 Å². The molecule has 3 N–H and O–H groups in total. The summed E-state index contributed by atoms with van der Waals surface area (Å²) in [6.45, 7) is 3.44. The number of benzene rings is 1. The lowest BCUT2D eigenvalue weighted by Crippen LogP contribution is -2.26. The highest BCUT2D eigenvalue weighted by atomic mass is 16.6. The fourth-order valence-electron chi connectivity index (χ4n) is 2.03. The molecule has 1 unspecified atom stereocenters. The predicted octanol–water partition coefficient (Wildman–Crippen LogP) is 1.15. The van der Waals surface area contributed by atoms with Crippen molar-refractivity contribution in [1.82, 2.24) is 5.32 Å². The summed E-state index contributed by atoms with van der Waals surface area (Å²) in [7, 11) is 0. The number of hydrogen-bond donors (Lipinski definition) is 3. The Labute approximate surface area is 177 Å². The number of esters is 2. The van der Waals surface area contributed by atoms with Gasteiger partial charge in [-0.15, -0.1) is 0 Å². The number of carboxylic acid groups (broad SMARTS) is 2. The fourth-order valence-corrected chi connectivity index (χ4v) is 2.03. The minimum atomic E-state index is -1.63. The standard InChI is InChI=1S/C12H12N2O6.C7H12O4/c15-11(16)9(12(17)18)6-13-10(7-14(19)20)8-4-2-1-3-5-8;1-3-10-6(8)5-7(9)11-4-2/h1-6,10,13H,7H2,(H,15,16)(H,17,18);3-5H2,1-2H3. The van der Waals surface area contributed by atoms with Gasteiger partial charge in [0.25, 0.3) is 0 Å². The Hall–Kier alpha value is -3.96. The normalized spacial score (nSPS) is 10.4. The molecule has 0 aliphatic heterocycles. The Bertz CT molecular complexity index is 760. The van der Waals surface area contributed by atoms with Gasteiger partial charge in [-0.2, -0.15) is 0 Å². The molecule has 1 atom stereocenters. The van der Waals surface area contributed by atoms with Crippen molar-refractivity contribution in [3.05, 3.63) is 57.8 Å². The van der Waals surface area contributed by atoms with Gasteiger partial charge >= 0.3 is 23.9 Å². The molecular weight excluding hydrogens is 416 g/mol. The number of nitro groups is 1. The van der Waals surface area contributed by atoms with Gasteiger partial charge in [0.05, 0.1) is 13.2 Å². The van der Waals surface area contributed by atoms with Gasteiger partial charge in [-0.05, 0) is 19.4 Å². The Kier molecular flexibility index (Phi) is 13.0. The highest BCUT2D eigenvalue weighted by molar-refractivity contribution is 6.12. The summed E-state index contributed by atoms with van der Waals surface area (Å²) >= 11 is 0. The molecule has 0 aliphatic carbocycles. The van der Waals surface area contributed by atoms with Crippen molar-refractivity contribution >= 4 is 23.9 Å². The number of carboxylic acids is 2. The zero-order valence-corrected chi connectivity index (χ0v) is 17.0. The third-order valence-corrected chi connectivity index (χ3v) is 3.32. The number of aliphatic carboxylic acids is 2. The quantitative estimate of drug-likeness (QED) is 0.112. The minimum Gasteiger partial charge on any atom is -0.477 e. The molecule has 0 saturated heterocycles. The van der Waals surface area contributed by atoms with Crippen LogP contribution in [0.1, 0.15) is 31.9 Å². The molecule has 12 heteroatoms. The Balaban J connectivity index is 0.000000695. The van der Waals surface area contributed by atoms with Crippen LogP contribution >= 0.6 is 0 Å². The monoisotopic (exact) mass is 440 g/mol. The predicted molar refractivity (Wildman–Crippen MR) is 105 cm³/mol. The van der Waals surface area contributed by atoms with Crippen molar-refractivity contribution in [1.29, 1.82) is 0 Å². The van der Waals surface area contributed by atoms with Crippen LogP contribution in [0.5, 0.6) is 0 Å². The molecule has 0 spiro atoms. The van der Waals surface area contributed by atoms with Crippen LogP contribution in [0.15, 0.2) is 42.1 Å². The molecule has 0 saturated carbocycles. The van der Waals surface area contributed by atoms with Crippen molar-refractivity contribution in [2.75, 3.05) is 19.8 Å². The van der Waals surface area contributed by atoms with Crippen molar-refractivity contribution in [3.8, 4) is 0 Å². The van der Waals surface area contributed by atoms with E-state index in [9.17, 15) is 29.3 Å². The van der Waals surface area contributed by atoms with E-state index in [1.165, 1.54) is 0 Å². The molecule has 0 radical (unpaired) electrons. The van der Waals surface area contributed by atoms with E-state index in [4.69, 9.17) is 10.2 Å². The second-order valence-electron chi connectivity index (χ2n) is 5.60. The van der Waals surface area contributed by atoms with Crippen molar-refractivity contribution in [3.63, 3.8) is 0 Å². The second-order valence-corrected chi connectivity index (χ2v) is 5.60. The molecule has 1 rings (SSSR count). The molecule has 0 bridgehead atoms. The molecule has 0 heterocycles. The SMILES string of the molecule is CCOC(=O)CC(=O)OCC.O=C(O)C(=CNC(C[N+](=O)[O-])c1ccccc1)C(=O)O. The smallest absolute Gasteiger partial charge is 0.344 e. The van der Waals surface area contributed by atoms with Crippen molar-refractivity contribution in [2.24, 2.45) is 0 Å². The van der Waals surface area contributed by atoms with Crippen LogP contribution in [0.2, 0.25) is 0 Å². The molecule has 0 amide bonds. The molecule has 31 heavy (non-hydrogen) atoms. The number of rotatable bonds is 11. The van der Waals surface area contributed by atoms with Gasteiger partial charge in [-0.25, -0.2) is 9.59 Å². The topological polar surface area (TPSA) is 182 Å². The average molecular weight is 440 g/mol. The number of ether oxygens (including phenoxy) is 2. The molecule has 1 aromatic carbocycles. The molecule has 12 nitrogen and oxygen atoms in total. The first kappa shape index (κ1) is 27.0. The Morgan fingerprint density at radius 3 is 1.90 bits per heavy atom. The van der Waals surface area contributed by atoms with Crippen LogP contribution in [0.3, 0.4) is 0 Å². The first-order chi connectivity index (χ1) is 14.6. The molecule has 1 aromatic rings. The maximum absolute atomic E-state index is 10.7. The molecule has 0 aliphatic rings. The summed E-state index contributed by atoms with van der Waals surface area (Å²) in [5, 5.41) is 30.4. The first-order valence-corrected chi connectivity index (χ1v) is 9.03. The summed E-state index contributed by atoms with van der Waals surface area (Å²) in [5.41, 5.74) is -0.343. The maximum Gasteiger partial charge on any atom is 0.344 e. The van der Waals surface area contributed by atoms with Gasteiger partial charge < -0.3 is 25.0 Å². The zero-order valence-electron chi connectivity index (χ0n) is 17.0. The molecular formula is C19H24N2O10. The third-order valence-electron chi connectivity index (χ3n) is 3.32. The summed E-state index contributed by atoms with van der Waals surface area (Å²) in [6.07, 6.45) is 0.466. The first-order valence-electron chi connectivity index (χ1n) is 9.03. The number of carbonyl (C=O) groups is 4. The molecule has 0 aromatic heterocycles. The highest BCUT2D eigenvalue weighted by Crippen LogP contribution is 2.13. The van der Waals surface area contributed by atoms with Crippen LogP contribution in [-0.2, 0) is 28.7 Å². The lowest BCUT2D eigenvalue weighted by atomic mass is 10.1. The van der Waals surface area contributed by atoms with Gasteiger partial charge in [-0.1, -0.05) is 30.3 Å². The van der Waals surface area contributed by atoms with Gasteiger partial charge in [-0.3, -0.25) is 19.7 Å². The summed E-state index contributed by atoms with van der Waals surface area (Å²) < 4.78 is 9.04. The van der Waals surface area contributed by atoms with Crippen LogP contribution in [0.4, 0.5) is 0 Å². The van der Waals surface area contributed by atoms with Crippen LogP contribution < -0.4 is 5.32 Å². The third kappa shape index (κ3) is 12.3. The molecule has 0 fully saturated rings. The number of hydrogen-bond acceptors (Lipinski definition) is 9. The Morgan fingerprint density at radius 2 is 1.52 bits per heavy atom. The highest BCUT2D eigenvalue weighted by Gasteiger charge is 2.20. The van der Waals surface area contributed by atoms with Gasteiger partial charge in [0.1, 0.15) is 12.5 Å². The van der Waals surface area contributed by atoms with E-state index in [-0.39, 0.29) is 19.6 Å². The van der Waals surface area contributed by atoms with Crippen molar-refractivity contribution < 1.29 is 43.8 Å². The van der Waals surface area contributed by atoms with E-state index in [1.807, 2.05) is 0 Å². The van der Waals surface area contributed by atoms with Crippen LogP contribution in [0, 0.1) is 10.1 Å². The lowest BCUT2D eigenvalue weighted by Gasteiger charge is -2.13. The second kappa shape index (κ2) is 15.0. The van der Waals surface area contributed by atoms with Gasteiger partial charge in [0.15, 0.2) is 5.57 Å². The number of nitrogens with zero attached hydrogens (tertiary/aromatic N) is 1. The number of nitrogens with one attached hydrogen (secondary N) is 1. The van der Waals surface area contributed by atoms with E-state index in [2.05, 4.69) is 14.8 Å². The number of carbonyl (C=O) groups excluding carboxylic acids is 2. The summed E-state index contributed by atoms with van der Waals surface area (Å²) in [5.74, 6) is -4.33. The Morgan fingerprint density at radius 1 is 1.03 bits per heavy atom. The van der Waals surface area contributed by atoms with E-state index in [0.29, 0.717) is 5.56 Å². The summed E-state index contributed by atoms with van der Waals surface area (Å²) in [6, 6.07) is 7.49. The van der Waals surface area contributed by atoms with E-state index >= 15 is 0 Å². The minimum absolute atomic E-state index is 0.290.